The second kappa shape index (κ2) is 5.01. The molecule has 0 saturated heterocycles. The maximum absolute atomic E-state index is 2.29. The van der Waals surface area contributed by atoms with E-state index in [1.807, 2.05) is 0 Å². The van der Waals surface area contributed by atoms with Gasteiger partial charge in [0.1, 0.15) is 0 Å². The number of anilines is 1. The van der Waals surface area contributed by atoms with Crippen molar-refractivity contribution in [2.75, 3.05) is 18.5 Å². The summed E-state index contributed by atoms with van der Waals surface area (Å²) in [5.74, 6) is 0. The molecule has 0 aliphatic heterocycles. The van der Waals surface area contributed by atoms with E-state index in [1.54, 1.807) is 0 Å². The Balaban J connectivity index is 2.85. The standard InChI is InChI=1S/C14H21N/c1-11(2)8-9-15(5)14-10-12(3)6-7-13(14)4/h6-8,10H,9H2,1-5H3. The fourth-order valence-electron chi connectivity index (χ4n) is 1.55. The number of likely N-dealkylation sites (N-methyl/N-ethyl adjacent to an activating group) is 1. The molecule has 0 bridgehead atoms. The van der Waals surface area contributed by atoms with Gasteiger partial charge in [-0.05, 0) is 44.9 Å². The third-order valence-corrected chi connectivity index (χ3v) is 2.55. The Morgan fingerprint density at radius 1 is 1.27 bits per heavy atom. The Bertz CT molecular complexity index is 360. The maximum atomic E-state index is 2.29. The molecule has 0 amide bonds. The predicted octanol–water partition coefficient (Wildman–Crippen LogP) is 3.71. The van der Waals surface area contributed by atoms with Gasteiger partial charge in [-0.15, -0.1) is 0 Å². The number of nitrogens with zero attached hydrogens (tertiary/aromatic N) is 1. The van der Waals surface area contributed by atoms with Crippen molar-refractivity contribution >= 4 is 5.69 Å². The first-order valence-corrected chi connectivity index (χ1v) is 5.42. The van der Waals surface area contributed by atoms with E-state index in [-0.39, 0.29) is 0 Å². The molecule has 0 heterocycles. The highest BCUT2D eigenvalue weighted by Gasteiger charge is 2.02. The lowest BCUT2D eigenvalue weighted by Crippen LogP contribution is -2.18. The number of hydrogen-bond acceptors (Lipinski definition) is 1. The molecular weight excluding hydrogens is 182 g/mol. The molecule has 0 radical (unpaired) electrons. The average molecular weight is 203 g/mol. The van der Waals surface area contributed by atoms with E-state index < -0.39 is 0 Å². The smallest absolute Gasteiger partial charge is 0.0398 e. The SMILES string of the molecule is CC(C)=CCN(C)c1cc(C)ccc1C. The van der Waals surface area contributed by atoms with Gasteiger partial charge in [-0.1, -0.05) is 23.8 Å². The van der Waals surface area contributed by atoms with Gasteiger partial charge in [0.25, 0.3) is 0 Å². The van der Waals surface area contributed by atoms with E-state index in [0.29, 0.717) is 0 Å². The van der Waals surface area contributed by atoms with Gasteiger partial charge in [0.15, 0.2) is 0 Å². The van der Waals surface area contributed by atoms with Crippen LogP contribution in [0.1, 0.15) is 25.0 Å². The number of rotatable bonds is 3. The summed E-state index contributed by atoms with van der Waals surface area (Å²) in [7, 11) is 2.14. The molecule has 0 N–H and O–H groups in total. The summed E-state index contributed by atoms with van der Waals surface area (Å²) >= 11 is 0. The van der Waals surface area contributed by atoms with Crippen molar-refractivity contribution in [3.8, 4) is 0 Å². The Labute approximate surface area is 93.4 Å². The molecule has 15 heavy (non-hydrogen) atoms. The zero-order valence-corrected chi connectivity index (χ0v) is 10.5. The first kappa shape index (κ1) is 11.8. The van der Waals surface area contributed by atoms with Gasteiger partial charge < -0.3 is 4.90 Å². The molecule has 0 saturated carbocycles. The van der Waals surface area contributed by atoms with Crippen LogP contribution in [0, 0.1) is 13.8 Å². The van der Waals surface area contributed by atoms with Crippen LogP contribution >= 0.6 is 0 Å². The summed E-state index contributed by atoms with van der Waals surface area (Å²) in [6.45, 7) is 9.55. The number of benzene rings is 1. The van der Waals surface area contributed by atoms with Crippen molar-refractivity contribution in [1.82, 2.24) is 0 Å². The molecule has 1 heteroatoms. The quantitative estimate of drug-likeness (QED) is 0.677. The molecule has 0 fully saturated rings. The van der Waals surface area contributed by atoms with Gasteiger partial charge in [-0.3, -0.25) is 0 Å². The van der Waals surface area contributed by atoms with Crippen molar-refractivity contribution in [1.29, 1.82) is 0 Å². The molecular formula is C14H21N. The molecule has 1 aromatic rings. The molecule has 0 spiro atoms. The van der Waals surface area contributed by atoms with Crippen LogP contribution in [0.5, 0.6) is 0 Å². The first-order chi connectivity index (χ1) is 7.00. The molecule has 1 rings (SSSR count). The van der Waals surface area contributed by atoms with Crippen molar-refractivity contribution in [3.63, 3.8) is 0 Å². The second-order valence-electron chi connectivity index (χ2n) is 4.45. The number of allylic oxidation sites excluding steroid dienone is 1. The highest BCUT2D eigenvalue weighted by molar-refractivity contribution is 5.54. The minimum absolute atomic E-state index is 0.979. The first-order valence-electron chi connectivity index (χ1n) is 5.42. The average Bonchev–Trinajstić information content (AvgIpc) is 2.18. The molecule has 0 aliphatic carbocycles. The van der Waals surface area contributed by atoms with Gasteiger partial charge in [0.2, 0.25) is 0 Å². The molecule has 1 aromatic carbocycles. The van der Waals surface area contributed by atoms with Crippen LogP contribution in [0.3, 0.4) is 0 Å². The van der Waals surface area contributed by atoms with Crippen LogP contribution in [-0.2, 0) is 0 Å². The lowest BCUT2D eigenvalue weighted by Gasteiger charge is -2.20. The van der Waals surface area contributed by atoms with Gasteiger partial charge in [-0.2, -0.15) is 0 Å². The van der Waals surface area contributed by atoms with Crippen molar-refractivity contribution in [2.45, 2.75) is 27.7 Å². The topological polar surface area (TPSA) is 3.24 Å². The van der Waals surface area contributed by atoms with Crippen molar-refractivity contribution in [2.24, 2.45) is 0 Å². The summed E-state index contributed by atoms with van der Waals surface area (Å²) in [6.07, 6.45) is 2.25. The van der Waals surface area contributed by atoms with Gasteiger partial charge in [-0.25, -0.2) is 0 Å². The molecule has 0 unspecified atom stereocenters. The summed E-state index contributed by atoms with van der Waals surface area (Å²) in [6, 6.07) is 6.59. The summed E-state index contributed by atoms with van der Waals surface area (Å²) in [4.78, 5) is 2.29. The fourth-order valence-corrected chi connectivity index (χ4v) is 1.55. The van der Waals surface area contributed by atoms with Crippen LogP contribution in [0.15, 0.2) is 29.8 Å². The van der Waals surface area contributed by atoms with E-state index in [9.17, 15) is 0 Å². The van der Waals surface area contributed by atoms with Gasteiger partial charge >= 0.3 is 0 Å². The zero-order chi connectivity index (χ0) is 11.4. The molecule has 82 valence electrons. The molecule has 1 nitrogen and oxygen atoms in total. The molecule has 0 aliphatic rings. The third-order valence-electron chi connectivity index (χ3n) is 2.55. The van der Waals surface area contributed by atoms with Crippen LogP contribution in [-0.4, -0.2) is 13.6 Å². The lowest BCUT2D eigenvalue weighted by atomic mass is 10.1. The number of hydrogen-bond donors (Lipinski definition) is 0. The highest BCUT2D eigenvalue weighted by Crippen LogP contribution is 2.20. The Hall–Kier alpha value is -1.24. The molecule has 0 atom stereocenters. The van der Waals surface area contributed by atoms with Crippen LogP contribution in [0.25, 0.3) is 0 Å². The van der Waals surface area contributed by atoms with E-state index in [0.717, 1.165) is 6.54 Å². The maximum Gasteiger partial charge on any atom is 0.0398 e. The van der Waals surface area contributed by atoms with Gasteiger partial charge in [0.05, 0.1) is 0 Å². The monoisotopic (exact) mass is 203 g/mol. The minimum atomic E-state index is 0.979. The van der Waals surface area contributed by atoms with Crippen LogP contribution in [0.2, 0.25) is 0 Å². The van der Waals surface area contributed by atoms with Crippen molar-refractivity contribution < 1.29 is 0 Å². The summed E-state index contributed by atoms with van der Waals surface area (Å²) in [5, 5.41) is 0. The fraction of sp³-hybridized carbons (Fsp3) is 0.429. The van der Waals surface area contributed by atoms with E-state index in [2.05, 4.69) is 63.9 Å². The molecule has 0 aromatic heterocycles. The van der Waals surface area contributed by atoms with Gasteiger partial charge in [0, 0.05) is 19.3 Å². The second-order valence-corrected chi connectivity index (χ2v) is 4.45. The largest absolute Gasteiger partial charge is 0.371 e. The minimum Gasteiger partial charge on any atom is -0.371 e. The number of aryl methyl sites for hydroxylation is 2. The Morgan fingerprint density at radius 3 is 2.53 bits per heavy atom. The van der Waals surface area contributed by atoms with Crippen molar-refractivity contribution in [3.05, 3.63) is 41.0 Å². The predicted molar refractivity (Wildman–Crippen MR) is 68.6 cm³/mol. The lowest BCUT2D eigenvalue weighted by molar-refractivity contribution is 1.01. The Kier molecular flexibility index (Phi) is 3.96. The van der Waals surface area contributed by atoms with E-state index >= 15 is 0 Å². The summed E-state index contributed by atoms with van der Waals surface area (Å²) in [5.41, 5.74) is 5.35. The van der Waals surface area contributed by atoms with Crippen LogP contribution in [0.4, 0.5) is 5.69 Å². The van der Waals surface area contributed by atoms with E-state index in [1.165, 1.54) is 22.4 Å². The highest BCUT2D eigenvalue weighted by atomic mass is 15.1. The zero-order valence-electron chi connectivity index (χ0n) is 10.5. The van der Waals surface area contributed by atoms with Crippen LogP contribution < -0.4 is 4.90 Å². The van der Waals surface area contributed by atoms with E-state index in [4.69, 9.17) is 0 Å². The normalized spacial score (nSPS) is 9.93. The summed E-state index contributed by atoms with van der Waals surface area (Å²) < 4.78 is 0. The third kappa shape index (κ3) is 3.43. The Morgan fingerprint density at radius 2 is 1.93 bits per heavy atom.